The number of carbonyl (C=O) groups is 1. The van der Waals surface area contributed by atoms with Crippen molar-refractivity contribution >= 4 is 5.91 Å². The van der Waals surface area contributed by atoms with Crippen molar-refractivity contribution in [3.63, 3.8) is 0 Å². The fraction of sp³-hybridized carbons (Fsp3) is 0.950. The Morgan fingerprint density at radius 3 is 1.92 bits per heavy atom. The molecule has 0 saturated carbocycles. The van der Waals surface area contributed by atoms with Crippen molar-refractivity contribution in [3.05, 3.63) is 0 Å². The van der Waals surface area contributed by atoms with Gasteiger partial charge >= 0.3 is 0 Å². The van der Waals surface area contributed by atoms with Gasteiger partial charge in [0.2, 0.25) is 5.91 Å². The van der Waals surface area contributed by atoms with Crippen molar-refractivity contribution in [2.75, 3.05) is 45.8 Å². The first-order chi connectivity index (χ1) is 11.1. The Bertz CT molecular complexity index is 411. The van der Waals surface area contributed by atoms with Crippen molar-refractivity contribution in [3.8, 4) is 0 Å². The number of amides is 1. The van der Waals surface area contributed by atoms with Gasteiger partial charge in [-0.3, -0.25) is 9.69 Å². The Hall–Kier alpha value is -0.610. The van der Waals surface area contributed by atoms with Crippen molar-refractivity contribution < 1.29 is 4.79 Å². The SMILES string of the molecule is CCC(C)(C)C(=O)N1CCC(CN2CCN(C(C)(C)C)CC2)CC1. The summed E-state index contributed by atoms with van der Waals surface area (Å²) in [5.74, 6) is 1.11. The lowest BCUT2D eigenvalue weighted by Gasteiger charge is -2.44. The predicted molar refractivity (Wildman–Crippen MR) is 101 cm³/mol. The molecular formula is C20H39N3O. The largest absolute Gasteiger partial charge is 0.342 e. The van der Waals surface area contributed by atoms with E-state index in [2.05, 4.69) is 56.2 Å². The summed E-state index contributed by atoms with van der Waals surface area (Å²) >= 11 is 0. The normalized spacial score (nSPS) is 22.8. The smallest absolute Gasteiger partial charge is 0.228 e. The average Bonchev–Trinajstić information content (AvgIpc) is 2.54. The molecule has 0 bridgehead atoms. The molecule has 0 aliphatic carbocycles. The van der Waals surface area contributed by atoms with Gasteiger partial charge in [-0.2, -0.15) is 0 Å². The molecule has 2 rings (SSSR count). The first-order valence-corrected chi connectivity index (χ1v) is 9.90. The van der Waals surface area contributed by atoms with Crippen LogP contribution >= 0.6 is 0 Å². The summed E-state index contributed by atoms with van der Waals surface area (Å²) < 4.78 is 0. The second-order valence-electron chi connectivity index (χ2n) is 9.43. The van der Waals surface area contributed by atoms with Gasteiger partial charge in [-0.15, -0.1) is 0 Å². The Kier molecular flexibility index (Phi) is 6.35. The summed E-state index contributed by atoms with van der Waals surface area (Å²) in [6.07, 6.45) is 3.26. The van der Waals surface area contributed by atoms with E-state index >= 15 is 0 Å². The molecule has 2 heterocycles. The summed E-state index contributed by atoms with van der Waals surface area (Å²) in [5.41, 5.74) is 0.0972. The van der Waals surface area contributed by atoms with Gasteiger partial charge < -0.3 is 9.80 Å². The molecule has 2 aliphatic heterocycles. The Balaban J connectivity index is 1.73. The Morgan fingerprint density at radius 1 is 0.917 bits per heavy atom. The molecule has 0 unspecified atom stereocenters. The highest BCUT2D eigenvalue weighted by molar-refractivity contribution is 5.81. The zero-order chi connectivity index (χ0) is 18.0. The third-order valence-electron chi connectivity index (χ3n) is 6.20. The van der Waals surface area contributed by atoms with Gasteiger partial charge in [-0.05, 0) is 46.0 Å². The maximum atomic E-state index is 12.6. The minimum Gasteiger partial charge on any atom is -0.342 e. The first kappa shape index (κ1) is 19.7. The minimum atomic E-state index is -0.198. The van der Waals surface area contributed by atoms with Crippen LogP contribution in [-0.4, -0.2) is 72.0 Å². The van der Waals surface area contributed by atoms with Crippen LogP contribution in [0.3, 0.4) is 0 Å². The monoisotopic (exact) mass is 337 g/mol. The number of piperidine rings is 1. The number of hydrogen-bond donors (Lipinski definition) is 0. The molecule has 0 atom stereocenters. The van der Waals surface area contributed by atoms with E-state index in [4.69, 9.17) is 0 Å². The van der Waals surface area contributed by atoms with Gasteiger partial charge in [-0.1, -0.05) is 20.8 Å². The molecule has 4 heteroatoms. The summed E-state index contributed by atoms with van der Waals surface area (Å²) in [6, 6.07) is 0. The molecule has 0 aromatic rings. The van der Waals surface area contributed by atoms with Crippen molar-refractivity contribution in [1.29, 1.82) is 0 Å². The predicted octanol–water partition coefficient (Wildman–Crippen LogP) is 3.08. The number of piperazine rings is 1. The molecule has 24 heavy (non-hydrogen) atoms. The number of rotatable bonds is 4. The highest BCUT2D eigenvalue weighted by Crippen LogP contribution is 2.27. The zero-order valence-corrected chi connectivity index (χ0v) is 16.9. The van der Waals surface area contributed by atoms with E-state index in [-0.39, 0.29) is 5.41 Å². The summed E-state index contributed by atoms with van der Waals surface area (Å²) in [5, 5.41) is 0. The van der Waals surface area contributed by atoms with E-state index in [0.29, 0.717) is 11.4 Å². The number of carbonyl (C=O) groups excluding carboxylic acids is 1. The van der Waals surface area contributed by atoms with Crippen molar-refractivity contribution in [2.45, 2.75) is 66.3 Å². The fourth-order valence-corrected chi connectivity index (χ4v) is 3.86. The quantitative estimate of drug-likeness (QED) is 0.789. The van der Waals surface area contributed by atoms with E-state index < -0.39 is 0 Å². The minimum absolute atomic E-state index is 0.198. The second kappa shape index (κ2) is 7.74. The lowest BCUT2D eigenvalue weighted by atomic mass is 9.86. The molecule has 2 saturated heterocycles. The maximum Gasteiger partial charge on any atom is 0.228 e. The van der Waals surface area contributed by atoms with Gasteiger partial charge in [0.15, 0.2) is 0 Å². The van der Waals surface area contributed by atoms with Crippen molar-refractivity contribution in [1.82, 2.24) is 14.7 Å². The van der Waals surface area contributed by atoms with E-state index in [1.807, 2.05) is 0 Å². The highest BCUT2D eigenvalue weighted by atomic mass is 16.2. The number of likely N-dealkylation sites (tertiary alicyclic amines) is 1. The lowest BCUT2D eigenvalue weighted by molar-refractivity contribution is -0.142. The lowest BCUT2D eigenvalue weighted by Crippen LogP contribution is -2.54. The number of hydrogen-bond acceptors (Lipinski definition) is 3. The van der Waals surface area contributed by atoms with Crippen LogP contribution in [-0.2, 0) is 4.79 Å². The summed E-state index contributed by atoms with van der Waals surface area (Å²) in [4.78, 5) is 19.9. The molecule has 0 aromatic heterocycles. The molecule has 2 fully saturated rings. The van der Waals surface area contributed by atoms with Crippen LogP contribution in [0, 0.1) is 11.3 Å². The van der Waals surface area contributed by atoms with E-state index in [0.717, 1.165) is 25.4 Å². The van der Waals surface area contributed by atoms with E-state index in [1.165, 1.54) is 45.6 Å². The highest BCUT2D eigenvalue weighted by Gasteiger charge is 2.33. The van der Waals surface area contributed by atoms with Gasteiger partial charge in [0.25, 0.3) is 0 Å². The fourth-order valence-electron chi connectivity index (χ4n) is 3.86. The Morgan fingerprint density at radius 2 is 1.46 bits per heavy atom. The third-order valence-corrected chi connectivity index (χ3v) is 6.20. The molecule has 140 valence electrons. The molecule has 1 amide bonds. The van der Waals surface area contributed by atoms with Crippen LogP contribution in [0.4, 0.5) is 0 Å². The van der Waals surface area contributed by atoms with Crippen LogP contribution in [0.25, 0.3) is 0 Å². The van der Waals surface area contributed by atoms with Gasteiger partial charge in [0.1, 0.15) is 0 Å². The topological polar surface area (TPSA) is 26.8 Å². The third kappa shape index (κ3) is 4.95. The van der Waals surface area contributed by atoms with Crippen LogP contribution in [0.1, 0.15) is 60.8 Å². The molecular weight excluding hydrogens is 298 g/mol. The average molecular weight is 338 g/mol. The number of nitrogens with zero attached hydrogens (tertiary/aromatic N) is 3. The van der Waals surface area contributed by atoms with Crippen LogP contribution < -0.4 is 0 Å². The van der Waals surface area contributed by atoms with Crippen LogP contribution in [0.2, 0.25) is 0 Å². The first-order valence-electron chi connectivity index (χ1n) is 9.90. The molecule has 0 aromatic carbocycles. The standard InChI is InChI=1S/C20H39N3O/c1-7-20(5,6)18(24)22-10-8-17(9-11-22)16-21-12-14-23(15-13-21)19(2,3)4/h17H,7-16H2,1-6H3. The van der Waals surface area contributed by atoms with Gasteiger partial charge in [0.05, 0.1) is 0 Å². The Labute approximate surface area is 149 Å². The molecule has 0 N–H and O–H groups in total. The summed E-state index contributed by atoms with van der Waals surface area (Å²) in [7, 11) is 0. The maximum absolute atomic E-state index is 12.6. The van der Waals surface area contributed by atoms with Crippen LogP contribution in [0.5, 0.6) is 0 Å². The van der Waals surface area contributed by atoms with Gasteiger partial charge in [0, 0.05) is 56.8 Å². The molecule has 0 spiro atoms. The second-order valence-corrected chi connectivity index (χ2v) is 9.43. The van der Waals surface area contributed by atoms with Gasteiger partial charge in [-0.25, -0.2) is 0 Å². The summed E-state index contributed by atoms with van der Waals surface area (Å²) in [6.45, 7) is 21.1. The van der Waals surface area contributed by atoms with E-state index in [9.17, 15) is 4.79 Å². The molecule has 0 radical (unpaired) electrons. The van der Waals surface area contributed by atoms with Crippen LogP contribution in [0.15, 0.2) is 0 Å². The zero-order valence-electron chi connectivity index (χ0n) is 16.9. The molecule has 2 aliphatic rings. The van der Waals surface area contributed by atoms with Crippen molar-refractivity contribution in [2.24, 2.45) is 11.3 Å². The molecule has 4 nitrogen and oxygen atoms in total. The van der Waals surface area contributed by atoms with E-state index in [1.54, 1.807) is 0 Å².